The van der Waals surface area contributed by atoms with E-state index in [9.17, 15) is 0 Å². The van der Waals surface area contributed by atoms with Gasteiger partial charge in [0.05, 0.1) is 27.9 Å². The molecule has 3 nitrogen and oxygen atoms in total. The fraction of sp³-hybridized carbons (Fsp3) is 0. The van der Waals surface area contributed by atoms with Gasteiger partial charge in [-0.25, -0.2) is 9.97 Å². The standard InChI is InChI=1S/C58H37N3/c1-4-14-38(15-5-1)46-28-30-49-51-26-13-27-52-50-31-29-47(36-56(50)61(57(51)52)55(49)35-46)44-23-11-21-42(33-44)41-20-10-22-43(32-41)45-24-12-25-48(34-45)58-59-53(39-16-6-2-7-17-39)37-54(60-58)40-18-8-3-9-19-40/h1-37H. The van der Waals surface area contributed by atoms with E-state index in [2.05, 4.69) is 217 Å². The number of hydrogen-bond donors (Lipinski definition) is 0. The van der Waals surface area contributed by atoms with Crippen molar-refractivity contribution in [2.24, 2.45) is 0 Å². The van der Waals surface area contributed by atoms with E-state index in [1.165, 1.54) is 71.5 Å². The molecule has 0 unspecified atom stereocenters. The molecule has 0 spiro atoms. The van der Waals surface area contributed by atoms with Crippen LogP contribution in [-0.4, -0.2) is 14.4 Å². The van der Waals surface area contributed by atoms with Crippen molar-refractivity contribution < 1.29 is 0 Å². The smallest absolute Gasteiger partial charge is 0.160 e. The van der Waals surface area contributed by atoms with Gasteiger partial charge in [-0.3, -0.25) is 0 Å². The summed E-state index contributed by atoms with van der Waals surface area (Å²) in [5.41, 5.74) is 18.1. The Morgan fingerprint density at radius 3 is 1.08 bits per heavy atom. The molecule has 12 rings (SSSR count). The highest BCUT2D eigenvalue weighted by Gasteiger charge is 2.19. The third kappa shape index (κ3) is 6.06. The lowest BCUT2D eigenvalue weighted by atomic mass is 9.95. The molecule has 0 radical (unpaired) electrons. The molecule has 0 bridgehead atoms. The van der Waals surface area contributed by atoms with E-state index in [1.54, 1.807) is 0 Å². The van der Waals surface area contributed by atoms with E-state index in [0.29, 0.717) is 5.82 Å². The van der Waals surface area contributed by atoms with Crippen LogP contribution in [0.25, 0.3) is 117 Å². The fourth-order valence-corrected chi connectivity index (χ4v) is 9.15. The molecule has 0 aliphatic rings. The van der Waals surface area contributed by atoms with Crippen LogP contribution in [0.4, 0.5) is 0 Å². The van der Waals surface area contributed by atoms with E-state index in [1.807, 2.05) is 12.1 Å². The molecular weight excluding hydrogens is 739 g/mol. The fourth-order valence-electron chi connectivity index (χ4n) is 9.15. The van der Waals surface area contributed by atoms with Crippen LogP contribution in [0.5, 0.6) is 0 Å². The summed E-state index contributed by atoms with van der Waals surface area (Å²) in [6, 6.07) is 80.4. The van der Waals surface area contributed by atoms with Gasteiger partial charge in [0.2, 0.25) is 0 Å². The maximum atomic E-state index is 5.10. The normalized spacial score (nSPS) is 11.6. The molecular formula is C58H37N3. The molecule has 0 aliphatic heterocycles. The summed E-state index contributed by atoms with van der Waals surface area (Å²) in [5.74, 6) is 0.702. The van der Waals surface area contributed by atoms with E-state index in [-0.39, 0.29) is 0 Å². The third-order valence-electron chi connectivity index (χ3n) is 12.1. The molecule has 0 atom stereocenters. The lowest BCUT2D eigenvalue weighted by Gasteiger charge is -2.11. The minimum absolute atomic E-state index is 0.702. The zero-order chi connectivity index (χ0) is 40.3. The maximum absolute atomic E-state index is 5.10. The molecule has 3 heteroatoms. The lowest BCUT2D eigenvalue weighted by Crippen LogP contribution is -1.96. The van der Waals surface area contributed by atoms with Crippen LogP contribution in [0.2, 0.25) is 0 Å². The Labute approximate surface area is 353 Å². The molecule has 0 aliphatic carbocycles. The Kier molecular flexibility index (Phi) is 8.17. The topological polar surface area (TPSA) is 30.2 Å². The van der Waals surface area contributed by atoms with Crippen molar-refractivity contribution in [1.82, 2.24) is 14.4 Å². The van der Waals surface area contributed by atoms with Crippen molar-refractivity contribution in [2.75, 3.05) is 0 Å². The van der Waals surface area contributed by atoms with Crippen LogP contribution >= 0.6 is 0 Å². The van der Waals surface area contributed by atoms with Crippen LogP contribution in [0.15, 0.2) is 224 Å². The van der Waals surface area contributed by atoms with Gasteiger partial charge in [-0.2, -0.15) is 0 Å². The number of fused-ring (bicyclic) bond motifs is 6. The van der Waals surface area contributed by atoms with Crippen LogP contribution in [0, 0.1) is 0 Å². The molecule has 12 aromatic rings. The molecule has 3 heterocycles. The van der Waals surface area contributed by atoms with Crippen LogP contribution < -0.4 is 0 Å². The number of rotatable bonds is 7. The monoisotopic (exact) mass is 775 g/mol. The summed E-state index contributed by atoms with van der Waals surface area (Å²) in [4.78, 5) is 10.2. The number of hydrogen-bond acceptors (Lipinski definition) is 2. The third-order valence-corrected chi connectivity index (χ3v) is 12.1. The predicted octanol–water partition coefficient (Wildman–Crippen LogP) is 15.3. The molecule has 61 heavy (non-hydrogen) atoms. The largest absolute Gasteiger partial charge is 0.308 e. The average Bonchev–Trinajstić information content (AvgIpc) is 3.87. The van der Waals surface area contributed by atoms with Crippen LogP contribution in [0.3, 0.4) is 0 Å². The number of para-hydroxylation sites is 1. The van der Waals surface area contributed by atoms with Crippen molar-refractivity contribution in [3.63, 3.8) is 0 Å². The lowest BCUT2D eigenvalue weighted by molar-refractivity contribution is 1.18. The molecule has 3 aromatic heterocycles. The first-order valence-corrected chi connectivity index (χ1v) is 20.8. The predicted molar refractivity (Wildman–Crippen MR) is 255 cm³/mol. The summed E-state index contributed by atoms with van der Waals surface area (Å²) in [5, 5.41) is 5.14. The maximum Gasteiger partial charge on any atom is 0.160 e. The Morgan fingerprint density at radius 1 is 0.246 bits per heavy atom. The molecule has 0 fully saturated rings. The average molecular weight is 776 g/mol. The summed E-state index contributed by atoms with van der Waals surface area (Å²) >= 11 is 0. The second-order valence-corrected chi connectivity index (χ2v) is 15.8. The van der Waals surface area contributed by atoms with Gasteiger partial charge in [-0.05, 0) is 80.9 Å². The van der Waals surface area contributed by atoms with Crippen molar-refractivity contribution in [3.05, 3.63) is 224 Å². The van der Waals surface area contributed by atoms with Crippen molar-refractivity contribution in [1.29, 1.82) is 0 Å². The second kappa shape index (κ2) is 14.3. The molecule has 0 amide bonds. The summed E-state index contributed by atoms with van der Waals surface area (Å²) in [6.45, 7) is 0. The highest BCUT2D eigenvalue weighted by atomic mass is 14.9. The number of aromatic nitrogens is 3. The van der Waals surface area contributed by atoms with Gasteiger partial charge in [0.25, 0.3) is 0 Å². The van der Waals surface area contributed by atoms with Crippen LogP contribution in [0.1, 0.15) is 0 Å². The zero-order valence-corrected chi connectivity index (χ0v) is 33.2. The summed E-state index contributed by atoms with van der Waals surface area (Å²) < 4.78 is 2.48. The SMILES string of the molecule is c1ccc(-c2ccc3c4cccc5c6ccc(-c7cccc(-c8cccc(-c9cccc(-c%10nc(-c%11ccccc%11)cc(-c%11ccccc%11)n%10)c9)c8)c7)cc6n(c3c2)c45)cc1. The van der Waals surface area contributed by atoms with Gasteiger partial charge in [0.15, 0.2) is 5.82 Å². The van der Waals surface area contributed by atoms with E-state index in [4.69, 9.17) is 9.97 Å². The first-order valence-electron chi connectivity index (χ1n) is 20.8. The first kappa shape index (κ1) is 34.9. The Balaban J connectivity index is 0.917. The molecule has 0 N–H and O–H groups in total. The highest BCUT2D eigenvalue weighted by molar-refractivity contribution is 6.23. The van der Waals surface area contributed by atoms with E-state index >= 15 is 0 Å². The zero-order valence-electron chi connectivity index (χ0n) is 33.2. The van der Waals surface area contributed by atoms with Crippen LogP contribution in [-0.2, 0) is 0 Å². The highest BCUT2D eigenvalue weighted by Crippen LogP contribution is 2.42. The van der Waals surface area contributed by atoms with Gasteiger partial charge >= 0.3 is 0 Å². The van der Waals surface area contributed by atoms with Crippen molar-refractivity contribution in [2.45, 2.75) is 0 Å². The number of benzene rings is 9. The quantitative estimate of drug-likeness (QED) is 0.161. The molecule has 0 saturated carbocycles. The van der Waals surface area contributed by atoms with Crippen molar-refractivity contribution in [3.8, 4) is 78.4 Å². The van der Waals surface area contributed by atoms with Gasteiger partial charge < -0.3 is 4.40 Å². The minimum Gasteiger partial charge on any atom is -0.308 e. The van der Waals surface area contributed by atoms with Gasteiger partial charge in [-0.15, -0.1) is 0 Å². The second-order valence-electron chi connectivity index (χ2n) is 15.8. The Bertz CT molecular complexity index is 3510. The summed E-state index contributed by atoms with van der Waals surface area (Å²) in [7, 11) is 0. The van der Waals surface area contributed by atoms with E-state index < -0.39 is 0 Å². The number of nitrogens with zero attached hydrogens (tertiary/aromatic N) is 3. The molecule has 284 valence electrons. The van der Waals surface area contributed by atoms with Gasteiger partial charge in [0.1, 0.15) is 0 Å². The van der Waals surface area contributed by atoms with E-state index in [0.717, 1.165) is 39.2 Å². The summed E-state index contributed by atoms with van der Waals surface area (Å²) in [6.07, 6.45) is 0. The Hall–Kier alpha value is -8.14. The van der Waals surface area contributed by atoms with Crippen molar-refractivity contribution >= 4 is 38.1 Å². The molecule has 0 saturated heterocycles. The van der Waals surface area contributed by atoms with Gasteiger partial charge in [-0.1, -0.05) is 188 Å². The Morgan fingerprint density at radius 2 is 0.607 bits per heavy atom. The molecule has 9 aromatic carbocycles. The van der Waals surface area contributed by atoms with Gasteiger partial charge in [0, 0.05) is 38.2 Å². The minimum atomic E-state index is 0.702. The first-order chi connectivity index (χ1) is 30.2.